The van der Waals surface area contributed by atoms with Crippen LogP contribution in [0.2, 0.25) is 0 Å². The van der Waals surface area contributed by atoms with Crippen LogP contribution in [-0.4, -0.2) is 10.2 Å². The molecule has 0 heterocycles. The number of ether oxygens (including phenoxy) is 2. The molecule has 0 saturated carbocycles. The van der Waals surface area contributed by atoms with Crippen molar-refractivity contribution in [1.82, 2.24) is 0 Å². The average Bonchev–Trinajstić information content (AvgIpc) is 2.73. The Balaban J connectivity index is 2.19. The van der Waals surface area contributed by atoms with Crippen LogP contribution in [0.1, 0.15) is 16.7 Å². The lowest BCUT2D eigenvalue weighted by Gasteiger charge is -2.17. The van der Waals surface area contributed by atoms with E-state index in [0.29, 0.717) is 5.56 Å². The molecule has 0 aliphatic rings. The van der Waals surface area contributed by atoms with Crippen LogP contribution in [0.25, 0.3) is 0 Å². The smallest absolute Gasteiger partial charge is 0.186 e. The molecule has 0 aliphatic carbocycles. The Morgan fingerprint density at radius 3 is 1.70 bits per heavy atom. The Labute approximate surface area is 173 Å². The van der Waals surface area contributed by atoms with Crippen LogP contribution in [0.4, 0.5) is 11.4 Å². The Hall–Kier alpha value is -4.86. The molecular formula is C24H16N2O4. The summed E-state index contributed by atoms with van der Waals surface area (Å²) in [6.07, 6.45) is 16.9. The number of phenols is 2. The van der Waals surface area contributed by atoms with Crippen LogP contribution in [0.3, 0.4) is 0 Å². The zero-order valence-corrected chi connectivity index (χ0v) is 15.6. The van der Waals surface area contributed by atoms with Gasteiger partial charge >= 0.3 is 0 Å². The highest BCUT2D eigenvalue weighted by Crippen LogP contribution is 2.42. The van der Waals surface area contributed by atoms with Gasteiger partial charge in [0.15, 0.2) is 11.5 Å². The minimum atomic E-state index is -0.168. The van der Waals surface area contributed by atoms with Crippen molar-refractivity contribution in [2.75, 3.05) is 11.5 Å². The van der Waals surface area contributed by atoms with E-state index in [0.717, 1.165) is 0 Å². The number of benzene rings is 3. The first kappa shape index (κ1) is 19.9. The highest BCUT2D eigenvalue weighted by molar-refractivity contribution is 5.70. The molecule has 0 atom stereocenters. The van der Waals surface area contributed by atoms with Gasteiger partial charge in [-0.1, -0.05) is 17.8 Å². The fraction of sp³-hybridized carbons (Fsp3) is 0. The van der Waals surface area contributed by atoms with Gasteiger partial charge in [-0.15, -0.1) is 19.3 Å². The highest BCUT2D eigenvalue weighted by Gasteiger charge is 2.20. The van der Waals surface area contributed by atoms with Gasteiger partial charge < -0.3 is 31.2 Å². The summed E-state index contributed by atoms with van der Waals surface area (Å²) < 4.78 is 11.8. The summed E-state index contributed by atoms with van der Waals surface area (Å²) in [7, 11) is 0. The second-order valence-corrected chi connectivity index (χ2v) is 6.08. The van der Waals surface area contributed by atoms with Crippen molar-refractivity contribution in [3.63, 3.8) is 0 Å². The number of anilines is 2. The minimum Gasteiger partial charge on any atom is -0.506 e. The van der Waals surface area contributed by atoms with Gasteiger partial charge in [-0.3, -0.25) is 0 Å². The molecule has 0 radical (unpaired) electrons. The van der Waals surface area contributed by atoms with Crippen molar-refractivity contribution < 1.29 is 19.7 Å². The van der Waals surface area contributed by atoms with Gasteiger partial charge in [0.05, 0.1) is 22.5 Å². The summed E-state index contributed by atoms with van der Waals surface area (Å²) in [5.74, 6) is 7.85. The van der Waals surface area contributed by atoms with Crippen LogP contribution in [0, 0.1) is 37.0 Å². The van der Waals surface area contributed by atoms with Crippen LogP contribution in [0.15, 0.2) is 42.5 Å². The van der Waals surface area contributed by atoms with Crippen molar-refractivity contribution in [3.8, 4) is 71.5 Å². The Kier molecular flexibility index (Phi) is 5.32. The fourth-order valence-corrected chi connectivity index (χ4v) is 2.64. The molecule has 3 rings (SSSR count). The lowest BCUT2D eigenvalue weighted by Crippen LogP contribution is -2.00. The van der Waals surface area contributed by atoms with Crippen LogP contribution < -0.4 is 20.9 Å². The first-order valence-corrected chi connectivity index (χ1v) is 8.51. The van der Waals surface area contributed by atoms with Crippen molar-refractivity contribution >= 4 is 11.4 Å². The maximum atomic E-state index is 9.87. The van der Waals surface area contributed by atoms with Crippen LogP contribution >= 0.6 is 0 Å². The molecule has 6 heteroatoms. The quantitative estimate of drug-likeness (QED) is 0.303. The molecule has 3 aromatic carbocycles. The summed E-state index contributed by atoms with van der Waals surface area (Å²) in [4.78, 5) is 0. The first-order valence-electron chi connectivity index (χ1n) is 8.51. The number of phenolic OH excluding ortho intramolecular Hbond substituents is 2. The molecule has 146 valence electrons. The molecule has 0 saturated heterocycles. The summed E-state index contributed by atoms with van der Waals surface area (Å²) >= 11 is 0. The molecule has 0 bridgehead atoms. The van der Waals surface area contributed by atoms with E-state index in [-0.39, 0.29) is 57.0 Å². The van der Waals surface area contributed by atoms with E-state index >= 15 is 0 Å². The number of terminal acetylenes is 3. The van der Waals surface area contributed by atoms with E-state index in [1.165, 1.54) is 30.3 Å². The largest absolute Gasteiger partial charge is 0.506 e. The summed E-state index contributed by atoms with van der Waals surface area (Å²) in [6.45, 7) is 0. The molecule has 6 N–H and O–H groups in total. The van der Waals surface area contributed by atoms with Crippen molar-refractivity contribution in [3.05, 3.63) is 59.2 Å². The van der Waals surface area contributed by atoms with Crippen molar-refractivity contribution in [2.24, 2.45) is 0 Å². The number of aromatic hydroxyl groups is 2. The normalized spacial score (nSPS) is 9.77. The van der Waals surface area contributed by atoms with Crippen molar-refractivity contribution in [2.45, 2.75) is 0 Å². The second-order valence-electron chi connectivity index (χ2n) is 6.08. The molecular weight excluding hydrogens is 380 g/mol. The van der Waals surface area contributed by atoms with E-state index in [9.17, 15) is 10.2 Å². The molecule has 0 unspecified atom stereocenters. The standard InChI is InChI=1S/C24H16N2O4/c1-4-14-11-23(29-15-7-9-19(25)21(27)12-15)24(18(6-3)17(14)5-2)30-16-8-10-20(26)22(28)13-16/h1-3,7-13,27-28H,25-26H2. The van der Waals surface area contributed by atoms with Gasteiger partial charge in [0.1, 0.15) is 23.0 Å². The number of hydrogen-bond acceptors (Lipinski definition) is 6. The molecule has 0 aliphatic heterocycles. The zero-order valence-electron chi connectivity index (χ0n) is 15.6. The lowest BCUT2D eigenvalue weighted by atomic mass is 10.00. The van der Waals surface area contributed by atoms with Crippen LogP contribution in [-0.2, 0) is 0 Å². The van der Waals surface area contributed by atoms with Crippen molar-refractivity contribution in [1.29, 1.82) is 0 Å². The third-order valence-corrected chi connectivity index (χ3v) is 4.14. The predicted molar refractivity (Wildman–Crippen MR) is 115 cm³/mol. The minimum absolute atomic E-state index is 0.102. The first-order chi connectivity index (χ1) is 14.4. The fourth-order valence-electron chi connectivity index (χ4n) is 2.64. The van der Waals surface area contributed by atoms with Gasteiger partial charge in [0.2, 0.25) is 0 Å². The summed E-state index contributed by atoms with van der Waals surface area (Å²) in [6, 6.07) is 10.2. The van der Waals surface area contributed by atoms with Gasteiger partial charge in [0, 0.05) is 23.8 Å². The maximum Gasteiger partial charge on any atom is 0.186 e. The molecule has 0 aromatic heterocycles. The Morgan fingerprint density at radius 2 is 1.23 bits per heavy atom. The molecule has 0 spiro atoms. The van der Waals surface area contributed by atoms with Gasteiger partial charge in [-0.2, -0.15) is 0 Å². The van der Waals surface area contributed by atoms with Crippen LogP contribution in [0.5, 0.6) is 34.5 Å². The monoisotopic (exact) mass is 396 g/mol. The topological polar surface area (TPSA) is 111 Å². The Bertz CT molecular complexity index is 1270. The van der Waals surface area contributed by atoms with E-state index < -0.39 is 0 Å². The van der Waals surface area contributed by atoms with E-state index in [1.807, 2.05) is 0 Å². The molecule has 6 nitrogen and oxygen atoms in total. The number of rotatable bonds is 4. The molecule has 0 fully saturated rings. The summed E-state index contributed by atoms with van der Waals surface area (Å²) in [5, 5.41) is 19.7. The van der Waals surface area contributed by atoms with E-state index in [4.69, 9.17) is 40.2 Å². The molecule has 30 heavy (non-hydrogen) atoms. The zero-order chi connectivity index (χ0) is 21.8. The maximum absolute atomic E-state index is 9.87. The number of hydrogen-bond donors (Lipinski definition) is 4. The van der Waals surface area contributed by atoms with Gasteiger partial charge in [0.25, 0.3) is 0 Å². The summed E-state index contributed by atoms with van der Waals surface area (Å²) in [5.41, 5.74) is 12.4. The van der Waals surface area contributed by atoms with Gasteiger partial charge in [-0.25, -0.2) is 0 Å². The third kappa shape index (κ3) is 3.73. The number of nitrogens with two attached hydrogens (primary N) is 2. The highest BCUT2D eigenvalue weighted by atomic mass is 16.5. The Morgan fingerprint density at radius 1 is 0.700 bits per heavy atom. The average molecular weight is 396 g/mol. The molecule has 3 aromatic rings. The number of nitrogen functional groups attached to an aromatic ring is 2. The lowest BCUT2D eigenvalue weighted by molar-refractivity contribution is 0.410. The van der Waals surface area contributed by atoms with Gasteiger partial charge in [-0.05, 0) is 24.3 Å². The SMILES string of the molecule is C#Cc1cc(Oc2ccc(N)c(O)c2)c(Oc2ccc(N)c(O)c2)c(C#C)c1C#C. The molecule has 0 amide bonds. The second kappa shape index (κ2) is 8.02. The predicted octanol–water partition coefficient (Wildman–Crippen LogP) is 3.79. The van der Waals surface area contributed by atoms with E-state index in [1.54, 1.807) is 12.1 Å². The third-order valence-electron chi connectivity index (χ3n) is 4.14. The van der Waals surface area contributed by atoms with E-state index in [2.05, 4.69) is 17.8 Å².